The molecule has 2 nitrogen and oxygen atoms in total. The van der Waals surface area contributed by atoms with E-state index in [1.165, 1.54) is 6.07 Å². The van der Waals surface area contributed by atoms with Crippen LogP contribution < -0.4 is 5.32 Å². The highest BCUT2D eigenvalue weighted by Crippen LogP contribution is 2.31. The first-order valence-electron chi connectivity index (χ1n) is 6.34. The third kappa shape index (κ3) is 3.76. The average molecular weight is 290 g/mol. The van der Waals surface area contributed by atoms with Gasteiger partial charge in [0.05, 0.1) is 17.2 Å². The van der Waals surface area contributed by atoms with Crippen LogP contribution in [0, 0.1) is 11.3 Å². The van der Waals surface area contributed by atoms with Crippen LogP contribution in [0.4, 0.5) is 18.9 Å². The summed E-state index contributed by atoms with van der Waals surface area (Å²) < 4.78 is 38.0. The lowest BCUT2D eigenvalue weighted by Crippen LogP contribution is -2.09. The fourth-order valence-corrected chi connectivity index (χ4v) is 2.00. The molecular weight excluding hydrogens is 277 g/mol. The Morgan fingerprint density at radius 1 is 1.10 bits per heavy atom. The molecule has 0 aromatic heterocycles. The van der Waals surface area contributed by atoms with E-state index in [0.29, 0.717) is 11.3 Å². The van der Waals surface area contributed by atoms with Gasteiger partial charge in [-0.05, 0) is 42.8 Å². The van der Waals surface area contributed by atoms with E-state index < -0.39 is 11.7 Å². The van der Waals surface area contributed by atoms with Gasteiger partial charge in [-0.2, -0.15) is 18.4 Å². The second-order valence-corrected chi connectivity index (χ2v) is 4.68. The molecule has 0 fully saturated rings. The summed E-state index contributed by atoms with van der Waals surface area (Å²) in [4.78, 5) is 0. The van der Waals surface area contributed by atoms with Crippen molar-refractivity contribution in [1.82, 2.24) is 0 Å². The zero-order valence-corrected chi connectivity index (χ0v) is 11.3. The van der Waals surface area contributed by atoms with Crippen molar-refractivity contribution < 1.29 is 13.2 Å². The molecule has 0 saturated carbocycles. The van der Waals surface area contributed by atoms with Crippen molar-refractivity contribution in [3.63, 3.8) is 0 Å². The number of hydrogen-bond acceptors (Lipinski definition) is 2. The molecule has 1 unspecified atom stereocenters. The molecule has 0 bridgehead atoms. The van der Waals surface area contributed by atoms with Crippen molar-refractivity contribution in [1.29, 1.82) is 5.26 Å². The molecule has 0 aliphatic carbocycles. The summed E-state index contributed by atoms with van der Waals surface area (Å²) in [6.45, 7) is 1.83. The Morgan fingerprint density at radius 2 is 1.81 bits per heavy atom. The molecule has 0 heterocycles. The van der Waals surface area contributed by atoms with E-state index in [1.54, 1.807) is 24.3 Å². The second-order valence-electron chi connectivity index (χ2n) is 4.68. The van der Waals surface area contributed by atoms with Gasteiger partial charge < -0.3 is 5.32 Å². The van der Waals surface area contributed by atoms with Crippen molar-refractivity contribution >= 4 is 5.69 Å². The van der Waals surface area contributed by atoms with Crippen LogP contribution in [0.25, 0.3) is 0 Å². The van der Waals surface area contributed by atoms with Gasteiger partial charge in [0.25, 0.3) is 0 Å². The number of nitriles is 1. The number of nitrogens with zero attached hydrogens (tertiary/aromatic N) is 1. The van der Waals surface area contributed by atoms with Gasteiger partial charge >= 0.3 is 6.18 Å². The molecule has 108 valence electrons. The maximum absolute atomic E-state index is 12.7. The molecule has 5 heteroatoms. The molecule has 0 aliphatic rings. The lowest BCUT2D eigenvalue weighted by Gasteiger charge is -2.17. The van der Waals surface area contributed by atoms with E-state index in [0.717, 1.165) is 17.7 Å². The summed E-state index contributed by atoms with van der Waals surface area (Å²) in [5.41, 5.74) is 1.06. The fourth-order valence-electron chi connectivity index (χ4n) is 2.00. The van der Waals surface area contributed by atoms with Gasteiger partial charge in [0.15, 0.2) is 0 Å². The van der Waals surface area contributed by atoms with Gasteiger partial charge in [0.1, 0.15) is 0 Å². The number of alkyl halides is 3. The summed E-state index contributed by atoms with van der Waals surface area (Å²) in [6, 6.07) is 13.9. The smallest absolute Gasteiger partial charge is 0.379 e. The Labute approximate surface area is 120 Å². The van der Waals surface area contributed by atoms with E-state index in [-0.39, 0.29) is 6.04 Å². The van der Waals surface area contributed by atoms with Crippen LogP contribution in [0.2, 0.25) is 0 Å². The second kappa shape index (κ2) is 5.88. The lowest BCUT2D eigenvalue weighted by molar-refractivity contribution is -0.137. The molecule has 2 aromatic carbocycles. The maximum Gasteiger partial charge on any atom is 0.416 e. The minimum Gasteiger partial charge on any atom is -0.379 e. The molecule has 0 spiro atoms. The van der Waals surface area contributed by atoms with E-state index in [1.807, 2.05) is 19.1 Å². The number of anilines is 1. The van der Waals surface area contributed by atoms with Crippen molar-refractivity contribution in [2.24, 2.45) is 0 Å². The fraction of sp³-hybridized carbons (Fsp3) is 0.188. The van der Waals surface area contributed by atoms with Crippen molar-refractivity contribution in [2.45, 2.75) is 19.1 Å². The molecule has 1 N–H and O–H groups in total. The Bertz CT molecular complexity index is 672. The highest BCUT2D eigenvalue weighted by atomic mass is 19.4. The SMILES string of the molecule is CC(Nc1cccc(C(F)(F)F)c1)c1cccc(C#N)c1. The molecule has 0 radical (unpaired) electrons. The molecule has 2 rings (SSSR count). The van der Waals surface area contributed by atoms with Gasteiger partial charge in [-0.25, -0.2) is 0 Å². The minimum atomic E-state index is -4.36. The molecule has 0 saturated heterocycles. The topological polar surface area (TPSA) is 35.8 Å². The molecule has 0 amide bonds. The number of rotatable bonds is 3. The summed E-state index contributed by atoms with van der Waals surface area (Å²) in [5.74, 6) is 0. The summed E-state index contributed by atoms with van der Waals surface area (Å²) >= 11 is 0. The Hall–Kier alpha value is -2.48. The Morgan fingerprint density at radius 3 is 2.48 bits per heavy atom. The van der Waals surface area contributed by atoms with Crippen LogP contribution >= 0.6 is 0 Å². The van der Waals surface area contributed by atoms with Crippen LogP contribution in [0.5, 0.6) is 0 Å². The minimum absolute atomic E-state index is 0.207. The zero-order valence-electron chi connectivity index (χ0n) is 11.3. The van der Waals surface area contributed by atoms with E-state index in [4.69, 9.17) is 5.26 Å². The van der Waals surface area contributed by atoms with E-state index in [2.05, 4.69) is 5.32 Å². The first-order valence-corrected chi connectivity index (χ1v) is 6.34. The molecular formula is C16H13F3N2. The highest BCUT2D eigenvalue weighted by Gasteiger charge is 2.30. The first-order chi connectivity index (χ1) is 9.90. The van der Waals surface area contributed by atoms with Gasteiger partial charge in [-0.1, -0.05) is 18.2 Å². The van der Waals surface area contributed by atoms with Crippen LogP contribution in [0.3, 0.4) is 0 Å². The summed E-state index contributed by atoms with van der Waals surface area (Å²) in [7, 11) is 0. The summed E-state index contributed by atoms with van der Waals surface area (Å²) in [6.07, 6.45) is -4.36. The Kier molecular flexibility index (Phi) is 4.18. The first kappa shape index (κ1) is 14.9. The predicted molar refractivity (Wildman–Crippen MR) is 74.6 cm³/mol. The standard InChI is InChI=1S/C16H13F3N2/c1-11(13-5-2-4-12(8-13)10-20)21-15-7-3-6-14(9-15)16(17,18)19/h2-9,11,21H,1H3. The third-order valence-corrected chi connectivity index (χ3v) is 3.09. The van der Waals surface area contributed by atoms with Crippen LogP contribution in [-0.2, 0) is 6.18 Å². The molecule has 1 atom stereocenters. The van der Waals surface area contributed by atoms with Crippen molar-refractivity contribution in [3.8, 4) is 6.07 Å². The van der Waals surface area contributed by atoms with Gasteiger partial charge in [-0.3, -0.25) is 0 Å². The normalized spacial score (nSPS) is 12.5. The monoisotopic (exact) mass is 290 g/mol. The van der Waals surface area contributed by atoms with Crippen molar-refractivity contribution in [3.05, 3.63) is 65.2 Å². The van der Waals surface area contributed by atoms with Crippen LogP contribution in [0.15, 0.2) is 48.5 Å². The molecule has 0 aliphatic heterocycles. The third-order valence-electron chi connectivity index (χ3n) is 3.09. The number of halogens is 3. The largest absolute Gasteiger partial charge is 0.416 e. The van der Waals surface area contributed by atoms with Crippen molar-refractivity contribution in [2.75, 3.05) is 5.32 Å². The zero-order chi connectivity index (χ0) is 15.5. The maximum atomic E-state index is 12.7. The highest BCUT2D eigenvalue weighted by molar-refractivity contribution is 5.49. The number of hydrogen-bond donors (Lipinski definition) is 1. The van der Waals surface area contributed by atoms with Gasteiger partial charge in [0, 0.05) is 11.7 Å². The number of nitrogens with one attached hydrogen (secondary N) is 1. The molecule has 21 heavy (non-hydrogen) atoms. The lowest BCUT2D eigenvalue weighted by atomic mass is 10.1. The van der Waals surface area contributed by atoms with E-state index in [9.17, 15) is 13.2 Å². The van der Waals surface area contributed by atoms with E-state index >= 15 is 0 Å². The van der Waals surface area contributed by atoms with Crippen LogP contribution in [-0.4, -0.2) is 0 Å². The average Bonchev–Trinajstić information content (AvgIpc) is 2.46. The van der Waals surface area contributed by atoms with Gasteiger partial charge in [0.2, 0.25) is 0 Å². The van der Waals surface area contributed by atoms with Gasteiger partial charge in [-0.15, -0.1) is 0 Å². The summed E-state index contributed by atoms with van der Waals surface area (Å²) in [5, 5.41) is 11.9. The van der Waals surface area contributed by atoms with Crippen LogP contribution in [0.1, 0.15) is 29.7 Å². The number of benzene rings is 2. The predicted octanol–water partition coefficient (Wildman–Crippen LogP) is 4.75. The Balaban J connectivity index is 2.20. The molecule has 2 aromatic rings. The quantitative estimate of drug-likeness (QED) is 0.885.